The van der Waals surface area contributed by atoms with Crippen LogP contribution in [0.5, 0.6) is 0 Å². The van der Waals surface area contributed by atoms with E-state index in [2.05, 4.69) is 10.2 Å². The van der Waals surface area contributed by atoms with Gasteiger partial charge in [0.15, 0.2) is 0 Å². The van der Waals surface area contributed by atoms with Crippen LogP contribution in [-0.2, 0) is 4.79 Å². The van der Waals surface area contributed by atoms with Crippen LogP contribution >= 0.6 is 11.8 Å². The summed E-state index contributed by atoms with van der Waals surface area (Å²) in [7, 11) is 0. The molecule has 25 heavy (non-hydrogen) atoms. The molecular weight excluding hydrogens is 338 g/mol. The quantitative estimate of drug-likeness (QED) is 0.802. The molecule has 0 saturated carbocycles. The van der Waals surface area contributed by atoms with E-state index in [4.69, 9.17) is 5.11 Å². The molecule has 0 spiro atoms. The molecule has 1 amide bonds. The highest BCUT2D eigenvalue weighted by molar-refractivity contribution is 8.00. The second-order valence-electron chi connectivity index (χ2n) is 6.19. The summed E-state index contributed by atoms with van der Waals surface area (Å²) in [6, 6.07) is 7.25. The highest BCUT2D eigenvalue weighted by Crippen LogP contribution is 2.31. The maximum Gasteiger partial charge on any atom is 0.316 e. The molecule has 1 aromatic carbocycles. The second kappa shape index (κ2) is 7.74. The fourth-order valence-electron chi connectivity index (χ4n) is 3.06. The molecule has 1 unspecified atom stereocenters. The van der Waals surface area contributed by atoms with Crippen LogP contribution in [0.3, 0.4) is 0 Å². The Labute approximate surface area is 150 Å². The maximum atomic E-state index is 12.9. The SMILES string of the molecule is CC(Sc1ccccc1C(=O)N1CCC(c2cn[nH]c2)CC1)C(=O)O. The molecule has 132 valence electrons. The molecule has 6 nitrogen and oxygen atoms in total. The number of nitrogens with one attached hydrogen (secondary N) is 1. The van der Waals surface area contributed by atoms with Crippen LogP contribution in [0.15, 0.2) is 41.6 Å². The van der Waals surface area contributed by atoms with Crippen molar-refractivity contribution in [2.45, 2.75) is 35.8 Å². The van der Waals surface area contributed by atoms with Crippen molar-refractivity contribution in [1.29, 1.82) is 0 Å². The van der Waals surface area contributed by atoms with Gasteiger partial charge < -0.3 is 10.0 Å². The van der Waals surface area contributed by atoms with Gasteiger partial charge in [-0.1, -0.05) is 12.1 Å². The number of aromatic nitrogens is 2. The van der Waals surface area contributed by atoms with Crippen LogP contribution in [0.2, 0.25) is 0 Å². The number of piperidine rings is 1. The van der Waals surface area contributed by atoms with Crippen molar-refractivity contribution in [1.82, 2.24) is 15.1 Å². The van der Waals surface area contributed by atoms with E-state index in [1.807, 2.05) is 35.5 Å². The molecular formula is C18H21N3O3S. The van der Waals surface area contributed by atoms with Gasteiger partial charge in [-0.05, 0) is 43.4 Å². The van der Waals surface area contributed by atoms with Gasteiger partial charge in [0.25, 0.3) is 5.91 Å². The van der Waals surface area contributed by atoms with Crippen molar-refractivity contribution in [2.75, 3.05) is 13.1 Å². The topological polar surface area (TPSA) is 86.3 Å². The summed E-state index contributed by atoms with van der Waals surface area (Å²) in [5.41, 5.74) is 1.78. The number of amides is 1. The molecule has 1 aliphatic rings. The van der Waals surface area contributed by atoms with E-state index < -0.39 is 11.2 Å². The summed E-state index contributed by atoms with van der Waals surface area (Å²) in [5, 5.41) is 15.4. The summed E-state index contributed by atoms with van der Waals surface area (Å²) in [4.78, 5) is 26.6. The number of carbonyl (C=O) groups excluding carboxylic acids is 1. The number of rotatable bonds is 5. The van der Waals surface area contributed by atoms with Gasteiger partial charge in [0.1, 0.15) is 5.25 Å². The fourth-order valence-corrected chi connectivity index (χ4v) is 3.98. The third kappa shape index (κ3) is 4.04. The first-order valence-corrected chi connectivity index (χ1v) is 9.20. The lowest BCUT2D eigenvalue weighted by Gasteiger charge is -2.32. The zero-order valence-electron chi connectivity index (χ0n) is 14.0. The summed E-state index contributed by atoms with van der Waals surface area (Å²) in [5.74, 6) is -0.473. The minimum atomic E-state index is -0.881. The molecule has 0 radical (unpaired) electrons. The van der Waals surface area contributed by atoms with Crippen LogP contribution in [0, 0.1) is 0 Å². The Morgan fingerprint density at radius 2 is 2.04 bits per heavy atom. The van der Waals surface area contributed by atoms with E-state index in [9.17, 15) is 9.59 Å². The number of nitrogens with zero attached hydrogens (tertiary/aromatic N) is 2. The van der Waals surface area contributed by atoms with Gasteiger partial charge >= 0.3 is 5.97 Å². The molecule has 1 aromatic heterocycles. The maximum absolute atomic E-state index is 12.9. The normalized spacial score (nSPS) is 16.6. The Balaban J connectivity index is 1.68. The fraction of sp³-hybridized carbons (Fsp3) is 0.389. The number of hydrogen-bond donors (Lipinski definition) is 2. The zero-order chi connectivity index (χ0) is 17.8. The number of aromatic amines is 1. The monoisotopic (exact) mass is 359 g/mol. The number of H-pyrrole nitrogens is 1. The lowest BCUT2D eigenvalue weighted by atomic mass is 9.91. The van der Waals surface area contributed by atoms with Gasteiger partial charge in [-0.2, -0.15) is 5.10 Å². The summed E-state index contributed by atoms with van der Waals surface area (Å²) < 4.78 is 0. The molecule has 1 aliphatic heterocycles. The van der Waals surface area contributed by atoms with Crippen LogP contribution < -0.4 is 0 Å². The summed E-state index contributed by atoms with van der Waals surface area (Å²) in [6.07, 6.45) is 5.58. The Morgan fingerprint density at radius 3 is 2.68 bits per heavy atom. The molecule has 3 rings (SSSR count). The molecule has 1 atom stereocenters. The zero-order valence-corrected chi connectivity index (χ0v) is 14.8. The lowest BCUT2D eigenvalue weighted by Crippen LogP contribution is -2.38. The number of carboxylic acid groups (broad SMARTS) is 1. The van der Waals surface area contributed by atoms with E-state index in [0.29, 0.717) is 24.6 Å². The van der Waals surface area contributed by atoms with Crippen LogP contribution in [0.1, 0.15) is 41.6 Å². The van der Waals surface area contributed by atoms with Crippen molar-refractivity contribution in [3.8, 4) is 0 Å². The van der Waals surface area contributed by atoms with Gasteiger partial charge in [-0.15, -0.1) is 11.8 Å². The van der Waals surface area contributed by atoms with Gasteiger partial charge in [0.2, 0.25) is 0 Å². The lowest BCUT2D eigenvalue weighted by molar-refractivity contribution is -0.136. The van der Waals surface area contributed by atoms with Gasteiger partial charge in [0.05, 0.1) is 11.8 Å². The molecule has 2 N–H and O–H groups in total. The van der Waals surface area contributed by atoms with E-state index >= 15 is 0 Å². The first kappa shape index (κ1) is 17.5. The number of likely N-dealkylation sites (tertiary alicyclic amines) is 1. The standard InChI is InChI=1S/C18H21N3O3S/c1-12(18(23)24)25-16-5-3-2-4-15(16)17(22)21-8-6-13(7-9-21)14-10-19-20-11-14/h2-5,10-13H,6-9H2,1H3,(H,19,20)(H,23,24). The molecule has 7 heteroatoms. The summed E-state index contributed by atoms with van der Waals surface area (Å²) in [6.45, 7) is 3.02. The van der Waals surface area contributed by atoms with Crippen LogP contribution in [0.4, 0.5) is 0 Å². The third-order valence-corrected chi connectivity index (χ3v) is 5.71. The largest absolute Gasteiger partial charge is 0.480 e. The molecule has 0 aliphatic carbocycles. The van der Waals surface area contributed by atoms with E-state index in [-0.39, 0.29) is 5.91 Å². The van der Waals surface area contributed by atoms with Crippen LogP contribution in [0.25, 0.3) is 0 Å². The predicted molar refractivity (Wildman–Crippen MR) is 95.9 cm³/mol. The molecule has 2 heterocycles. The van der Waals surface area contributed by atoms with Crippen molar-refractivity contribution in [2.24, 2.45) is 0 Å². The Kier molecular flexibility index (Phi) is 5.43. The van der Waals surface area contributed by atoms with Gasteiger partial charge in [-0.3, -0.25) is 14.7 Å². The smallest absolute Gasteiger partial charge is 0.316 e. The molecule has 1 fully saturated rings. The van der Waals surface area contributed by atoms with E-state index in [0.717, 1.165) is 17.7 Å². The minimum Gasteiger partial charge on any atom is -0.480 e. The Hall–Kier alpha value is -2.28. The van der Waals surface area contributed by atoms with Crippen LogP contribution in [-0.4, -0.2) is 50.4 Å². The van der Waals surface area contributed by atoms with E-state index in [1.54, 1.807) is 13.0 Å². The molecule has 2 aromatic rings. The van der Waals surface area contributed by atoms with Crippen molar-refractivity contribution < 1.29 is 14.7 Å². The van der Waals surface area contributed by atoms with Gasteiger partial charge in [-0.25, -0.2) is 0 Å². The Morgan fingerprint density at radius 1 is 1.32 bits per heavy atom. The minimum absolute atomic E-state index is 0.0219. The highest BCUT2D eigenvalue weighted by atomic mass is 32.2. The number of benzene rings is 1. The molecule has 0 bridgehead atoms. The highest BCUT2D eigenvalue weighted by Gasteiger charge is 2.27. The number of thioether (sulfide) groups is 1. The Bertz CT molecular complexity index is 740. The number of hydrogen-bond acceptors (Lipinski definition) is 4. The number of carbonyl (C=O) groups is 2. The first-order chi connectivity index (χ1) is 12.1. The average molecular weight is 359 g/mol. The van der Waals surface area contributed by atoms with Crippen molar-refractivity contribution in [3.05, 3.63) is 47.8 Å². The predicted octanol–water partition coefficient (Wildman–Crippen LogP) is 2.99. The van der Waals surface area contributed by atoms with E-state index in [1.165, 1.54) is 17.3 Å². The number of carboxylic acids is 1. The number of aliphatic carboxylic acids is 1. The van der Waals surface area contributed by atoms with Crippen molar-refractivity contribution in [3.63, 3.8) is 0 Å². The molecule has 1 saturated heterocycles. The second-order valence-corrected chi connectivity index (χ2v) is 7.58. The summed E-state index contributed by atoms with van der Waals surface area (Å²) >= 11 is 1.21. The first-order valence-electron chi connectivity index (χ1n) is 8.32. The average Bonchev–Trinajstić information content (AvgIpc) is 3.16. The van der Waals surface area contributed by atoms with Crippen molar-refractivity contribution >= 4 is 23.6 Å². The van der Waals surface area contributed by atoms with Gasteiger partial charge in [0, 0.05) is 24.2 Å². The third-order valence-electron chi connectivity index (χ3n) is 4.54.